The highest BCUT2D eigenvalue weighted by Crippen LogP contribution is 2.40. The van der Waals surface area contributed by atoms with Gasteiger partial charge in [0.2, 0.25) is 11.0 Å². The molecular formula is C13H13N3O4S3. The van der Waals surface area contributed by atoms with E-state index in [1.54, 1.807) is 5.38 Å². The van der Waals surface area contributed by atoms with Gasteiger partial charge in [0.25, 0.3) is 0 Å². The zero-order valence-electron chi connectivity index (χ0n) is 12.0. The van der Waals surface area contributed by atoms with Crippen molar-refractivity contribution in [3.8, 4) is 0 Å². The third-order valence-electron chi connectivity index (χ3n) is 3.50. The van der Waals surface area contributed by atoms with Crippen molar-refractivity contribution in [2.75, 3.05) is 11.5 Å². The topological polar surface area (TPSA) is 114 Å². The van der Waals surface area contributed by atoms with Crippen molar-refractivity contribution in [3.05, 3.63) is 27.4 Å². The maximum Gasteiger partial charge on any atom is 0.352 e. The van der Waals surface area contributed by atoms with E-state index in [1.807, 2.05) is 6.92 Å². The summed E-state index contributed by atoms with van der Waals surface area (Å²) in [6.07, 6.45) is 0. The van der Waals surface area contributed by atoms with Gasteiger partial charge in [-0.25, -0.2) is 9.78 Å². The molecule has 1 amide bonds. The van der Waals surface area contributed by atoms with E-state index in [0.29, 0.717) is 17.0 Å². The lowest BCUT2D eigenvalue weighted by Crippen LogP contribution is -2.68. The van der Waals surface area contributed by atoms with Crippen molar-refractivity contribution >= 4 is 51.9 Å². The first kappa shape index (κ1) is 16.5. The fourth-order valence-electron chi connectivity index (χ4n) is 2.37. The lowest BCUT2D eigenvalue weighted by atomic mass is 10.0. The van der Waals surface area contributed by atoms with E-state index in [9.17, 15) is 19.5 Å². The first-order valence-corrected chi connectivity index (χ1v) is 9.56. The van der Waals surface area contributed by atoms with Crippen molar-refractivity contribution < 1.29 is 19.5 Å². The fraction of sp³-hybridized carbons (Fsp3) is 0.385. The number of nitrogens with two attached hydrogens (primary N) is 1. The van der Waals surface area contributed by atoms with Crippen LogP contribution in [0.15, 0.2) is 16.7 Å². The van der Waals surface area contributed by atoms with Gasteiger partial charge < -0.3 is 10.8 Å². The number of nitrogens with zero attached hydrogens (tertiary/aromatic N) is 2. The second kappa shape index (κ2) is 6.27. The van der Waals surface area contributed by atoms with Gasteiger partial charge in [-0.15, -0.1) is 23.1 Å². The molecule has 7 nitrogen and oxygen atoms in total. The number of carbonyl (C=O) groups excluding carboxylic acids is 2. The molecule has 2 aliphatic rings. The quantitative estimate of drug-likeness (QED) is 0.751. The Morgan fingerprint density at radius 1 is 1.57 bits per heavy atom. The van der Waals surface area contributed by atoms with Crippen molar-refractivity contribution in [2.24, 2.45) is 5.73 Å². The van der Waals surface area contributed by atoms with Crippen LogP contribution in [0.5, 0.6) is 0 Å². The maximum atomic E-state index is 12.1. The molecule has 1 unspecified atom stereocenters. The van der Waals surface area contributed by atoms with Gasteiger partial charge in [0.1, 0.15) is 22.8 Å². The normalized spacial score (nSPS) is 23.6. The minimum atomic E-state index is -1.16. The van der Waals surface area contributed by atoms with E-state index in [4.69, 9.17) is 5.73 Å². The number of thioether (sulfide) groups is 2. The van der Waals surface area contributed by atoms with Crippen LogP contribution in [0, 0.1) is 6.92 Å². The van der Waals surface area contributed by atoms with Crippen LogP contribution in [-0.4, -0.2) is 54.9 Å². The van der Waals surface area contributed by atoms with Crippen molar-refractivity contribution in [2.45, 2.75) is 18.3 Å². The number of β-lactam (4-membered cyclic amide) rings is 1. The molecule has 10 heteroatoms. The Balaban J connectivity index is 1.76. The van der Waals surface area contributed by atoms with Crippen molar-refractivity contribution in [3.63, 3.8) is 0 Å². The average Bonchev–Trinajstić information content (AvgIpc) is 2.97. The van der Waals surface area contributed by atoms with Gasteiger partial charge in [0, 0.05) is 16.9 Å². The van der Waals surface area contributed by atoms with E-state index < -0.39 is 12.0 Å². The molecule has 2 aliphatic heterocycles. The monoisotopic (exact) mass is 371 g/mol. The van der Waals surface area contributed by atoms with Crippen molar-refractivity contribution in [1.82, 2.24) is 9.88 Å². The second-order valence-electron chi connectivity index (χ2n) is 5.02. The van der Waals surface area contributed by atoms with Crippen LogP contribution in [0.3, 0.4) is 0 Å². The van der Waals surface area contributed by atoms with E-state index >= 15 is 0 Å². The molecule has 1 fully saturated rings. The highest BCUT2D eigenvalue weighted by molar-refractivity contribution is 8.14. The summed E-state index contributed by atoms with van der Waals surface area (Å²) in [6, 6.07) is -0.650. The Labute approximate surface area is 144 Å². The number of carboxylic acids is 1. The minimum Gasteiger partial charge on any atom is -0.477 e. The molecule has 1 saturated heterocycles. The Morgan fingerprint density at radius 3 is 2.91 bits per heavy atom. The molecule has 0 spiro atoms. The number of aliphatic carboxylic acids is 1. The number of carbonyl (C=O) groups is 3. The number of amides is 1. The second-order valence-corrected chi connectivity index (χ2v) is 8.14. The third kappa shape index (κ3) is 2.91. The first-order chi connectivity index (χ1) is 10.9. The average molecular weight is 371 g/mol. The van der Waals surface area contributed by atoms with E-state index in [1.165, 1.54) is 28.0 Å². The van der Waals surface area contributed by atoms with Gasteiger partial charge in [-0.1, -0.05) is 11.8 Å². The van der Waals surface area contributed by atoms with Crippen LogP contribution in [0.2, 0.25) is 0 Å². The Bertz CT molecular complexity index is 730. The number of hydrogen-bond donors (Lipinski definition) is 2. The molecule has 0 saturated carbocycles. The zero-order chi connectivity index (χ0) is 16.7. The Kier molecular flexibility index (Phi) is 4.50. The number of aryl methyl sites for hydroxylation is 1. The van der Waals surface area contributed by atoms with Crippen LogP contribution in [0.1, 0.15) is 15.5 Å². The summed E-state index contributed by atoms with van der Waals surface area (Å²) in [5.41, 5.74) is 6.59. The molecule has 3 heterocycles. The summed E-state index contributed by atoms with van der Waals surface area (Å²) in [5.74, 6) is -0.887. The van der Waals surface area contributed by atoms with Gasteiger partial charge in [0.15, 0.2) is 0 Å². The maximum absolute atomic E-state index is 12.1. The lowest BCUT2D eigenvalue weighted by molar-refractivity contribution is -0.147. The van der Waals surface area contributed by atoms with Gasteiger partial charge in [-0.3, -0.25) is 14.5 Å². The van der Waals surface area contributed by atoms with E-state index in [2.05, 4.69) is 4.98 Å². The smallest absolute Gasteiger partial charge is 0.352 e. The van der Waals surface area contributed by atoms with Gasteiger partial charge in [-0.05, 0) is 12.5 Å². The van der Waals surface area contributed by atoms with Gasteiger partial charge >= 0.3 is 5.97 Å². The molecule has 1 aromatic heterocycles. The predicted molar refractivity (Wildman–Crippen MR) is 89.4 cm³/mol. The molecular weight excluding hydrogens is 358 g/mol. The van der Waals surface area contributed by atoms with E-state index in [-0.39, 0.29) is 27.8 Å². The summed E-state index contributed by atoms with van der Waals surface area (Å²) in [7, 11) is 0. The van der Waals surface area contributed by atoms with Crippen LogP contribution in [-0.2, 0) is 9.59 Å². The molecule has 0 aromatic carbocycles. The molecule has 3 N–H and O–H groups in total. The fourth-order valence-corrected chi connectivity index (χ4v) is 5.26. The van der Waals surface area contributed by atoms with Crippen molar-refractivity contribution in [1.29, 1.82) is 0 Å². The third-order valence-corrected chi connectivity index (χ3v) is 6.59. The number of aromatic nitrogens is 1. The molecule has 0 bridgehead atoms. The SMILES string of the molecule is Cc1nc(C(=O)SCC2=C(C(=O)O)N3C(=O)C(N)[C@H]3SC2)cs1. The lowest BCUT2D eigenvalue weighted by Gasteiger charge is -2.48. The Hall–Kier alpha value is -1.36. The van der Waals surface area contributed by atoms with Gasteiger partial charge in [-0.2, -0.15) is 0 Å². The molecule has 23 heavy (non-hydrogen) atoms. The number of carboxylic acid groups (broad SMARTS) is 1. The summed E-state index contributed by atoms with van der Waals surface area (Å²) in [6.45, 7) is 1.81. The number of thiazole rings is 1. The summed E-state index contributed by atoms with van der Waals surface area (Å²) in [4.78, 5) is 40.8. The van der Waals surface area contributed by atoms with Crippen LogP contribution >= 0.6 is 34.9 Å². The minimum absolute atomic E-state index is 0.0322. The van der Waals surface area contributed by atoms with Crippen LogP contribution in [0.25, 0.3) is 0 Å². The molecule has 0 aliphatic carbocycles. The van der Waals surface area contributed by atoms with Gasteiger partial charge in [0.05, 0.1) is 5.01 Å². The Morgan fingerprint density at radius 2 is 2.30 bits per heavy atom. The first-order valence-electron chi connectivity index (χ1n) is 6.65. The number of hydrogen-bond acceptors (Lipinski definition) is 8. The highest BCUT2D eigenvalue weighted by atomic mass is 32.2. The standard InChI is InChI=1S/C13H13N3O4S3/c1-5-15-7(4-21-5)13(20)23-3-6-2-22-11-8(14)10(17)16(11)9(6)12(18)19/h4,8,11H,2-3,14H2,1H3,(H,18,19)/t8?,11-/m1/s1. The predicted octanol–water partition coefficient (Wildman–Crippen LogP) is 0.906. The molecule has 2 atom stereocenters. The molecule has 1 aromatic rings. The van der Waals surface area contributed by atoms with Crippen LogP contribution in [0.4, 0.5) is 0 Å². The zero-order valence-corrected chi connectivity index (χ0v) is 14.5. The molecule has 122 valence electrons. The number of rotatable bonds is 4. The largest absolute Gasteiger partial charge is 0.477 e. The number of fused-ring (bicyclic) bond motifs is 1. The summed E-state index contributed by atoms with van der Waals surface area (Å²) >= 11 is 3.82. The van der Waals surface area contributed by atoms with E-state index in [0.717, 1.165) is 16.8 Å². The molecule has 3 rings (SSSR count). The summed E-state index contributed by atoms with van der Waals surface area (Å²) < 4.78 is 0. The van der Waals surface area contributed by atoms with Crippen LogP contribution < -0.4 is 5.73 Å². The summed E-state index contributed by atoms with van der Waals surface area (Å²) in [5, 5.41) is 11.4. The highest BCUT2D eigenvalue weighted by Gasteiger charge is 2.51. The molecule has 0 radical (unpaired) electrons.